The Kier molecular flexibility index (Phi) is 5.77. The van der Waals surface area contributed by atoms with Crippen molar-refractivity contribution >= 4 is 22.4 Å². The molecule has 5 heteroatoms. The zero-order valence-electron chi connectivity index (χ0n) is 14.2. The van der Waals surface area contributed by atoms with Gasteiger partial charge >= 0.3 is 0 Å². The maximum Gasteiger partial charge on any atom is 0.226 e. The number of rotatable bonds is 6. The second kappa shape index (κ2) is 7.59. The van der Waals surface area contributed by atoms with Gasteiger partial charge < -0.3 is 10.1 Å². The van der Waals surface area contributed by atoms with Gasteiger partial charge in [0.15, 0.2) is 5.13 Å². The number of ether oxygens (including phenoxy) is 1. The Balaban J connectivity index is 1.70. The van der Waals surface area contributed by atoms with Crippen LogP contribution in [0.15, 0.2) is 29.6 Å². The molecule has 2 rings (SSSR count). The van der Waals surface area contributed by atoms with Gasteiger partial charge in [-0.3, -0.25) is 4.79 Å². The Morgan fingerprint density at radius 2 is 1.96 bits per heavy atom. The SMILES string of the molecule is Cc1csc(NC(=O)CCCOc2ccc(C(C)(C)C)cc2)n1. The fraction of sp³-hybridized carbons (Fsp3) is 0.444. The van der Waals surface area contributed by atoms with Gasteiger partial charge in [-0.1, -0.05) is 32.9 Å². The number of amides is 1. The molecule has 0 bridgehead atoms. The lowest BCUT2D eigenvalue weighted by molar-refractivity contribution is -0.116. The topological polar surface area (TPSA) is 51.2 Å². The third-order valence-corrected chi connectivity index (χ3v) is 4.28. The van der Waals surface area contributed by atoms with E-state index in [1.54, 1.807) is 0 Å². The zero-order valence-corrected chi connectivity index (χ0v) is 15.0. The lowest BCUT2D eigenvalue weighted by Gasteiger charge is -2.19. The van der Waals surface area contributed by atoms with E-state index in [0.717, 1.165) is 11.4 Å². The zero-order chi connectivity index (χ0) is 16.9. The Hall–Kier alpha value is -1.88. The highest BCUT2D eigenvalue weighted by Gasteiger charge is 2.13. The molecule has 0 saturated heterocycles. The predicted molar refractivity (Wildman–Crippen MR) is 95.4 cm³/mol. The molecule has 1 aromatic carbocycles. The third-order valence-electron chi connectivity index (χ3n) is 3.40. The summed E-state index contributed by atoms with van der Waals surface area (Å²) < 4.78 is 5.69. The second-order valence-electron chi connectivity index (χ2n) is 6.57. The van der Waals surface area contributed by atoms with E-state index in [4.69, 9.17) is 4.74 Å². The van der Waals surface area contributed by atoms with Crippen LogP contribution in [0, 0.1) is 6.92 Å². The van der Waals surface area contributed by atoms with Gasteiger partial charge in [0, 0.05) is 11.8 Å². The van der Waals surface area contributed by atoms with Gasteiger partial charge in [0.1, 0.15) is 5.75 Å². The largest absolute Gasteiger partial charge is 0.494 e. The molecule has 1 aromatic heterocycles. The number of hydrogen-bond acceptors (Lipinski definition) is 4. The first-order valence-corrected chi connectivity index (χ1v) is 8.68. The van der Waals surface area contributed by atoms with Gasteiger partial charge in [-0.25, -0.2) is 4.98 Å². The molecular formula is C18H24N2O2S. The first kappa shape index (κ1) is 17.5. The molecule has 1 N–H and O–H groups in total. The van der Waals surface area contributed by atoms with Crippen LogP contribution < -0.4 is 10.1 Å². The average molecular weight is 332 g/mol. The Morgan fingerprint density at radius 3 is 2.52 bits per heavy atom. The van der Waals surface area contributed by atoms with Gasteiger partial charge in [-0.2, -0.15) is 0 Å². The van der Waals surface area contributed by atoms with Gasteiger partial charge in [0.25, 0.3) is 0 Å². The predicted octanol–water partition coefficient (Wildman–Crippen LogP) is 4.55. The molecule has 1 amide bonds. The molecule has 0 atom stereocenters. The van der Waals surface area contributed by atoms with Crippen LogP contribution in [0.25, 0.3) is 0 Å². The first-order chi connectivity index (χ1) is 10.8. The number of aryl methyl sites for hydroxylation is 1. The van der Waals surface area contributed by atoms with E-state index < -0.39 is 0 Å². The summed E-state index contributed by atoms with van der Waals surface area (Å²) in [4.78, 5) is 16.0. The Morgan fingerprint density at radius 1 is 1.26 bits per heavy atom. The molecule has 1 heterocycles. The maximum atomic E-state index is 11.8. The highest BCUT2D eigenvalue weighted by Crippen LogP contribution is 2.24. The summed E-state index contributed by atoms with van der Waals surface area (Å²) in [6.07, 6.45) is 1.11. The van der Waals surface area contributed by atoms with Crippen LogP contribution in [0.3, 0.4) is 0 Å². The molecule has 0 saturated carbocycles. The molecule has 0 aliphatic heterocycles. The van der Waals surface area contributed by atoms with Crippen molar-refractivity contribution in [2.24, 2.45) is 0 Å². The van der Waals surface area contributed by atoms with Crippen molar-refractivity contribution in [3.05, 3.63) is 40.9 Å². The molecule has 0 aliphatic rings. The highest BCUT2D eigenvalue weighted by atomic mass is 32.1. The fourth-order valence-corrected chi connectivity index (χ4v) is 2.77. The van der Waals surface area contributed by atoms with Crippen molar-refractivity contribution in [2.75, 3.05) is 11.9 Å². The Labute approximate surface area is 141 Å². The van der Waals surface area contributed by atoms with Gasteiger partial charge in [-0.15, -0.1) is 11.3 Å². The van der Waals surface area contributed by atoms with E-state index in [2.05, 4.69) is 43.2 Å². The van der Waals surface area contributed by atoms with Crippen LogP contribution in [0.2, 0.25) is 0 Å². The van der Waals surface area contributed by atoms with Crippen LogP contribution >= 0.6 is 11.3 Å². The molecule has 4 nitrogen and oxygen atoms in total. The number of nitrogens with zero attached hydrogens (tertiary/aromatic N) is 1. The van der Waals surface area contributed by atoms with Crippen LogP contribution in [0.4, 0.5) is 5.13 Å². The summed E-state index contributed by atoms with van der Waals surface area (Å²) in [5.41, 5.74) is 2.35. The molecule has 2 aromatic rings. The molecule has 0 aliphatic carbocycles. The van der Waals surface area contributed by atoms with E-state index in [1.807, 2.05) is 24.4 Å². The molecule has 0 spiro atoms. The van der Waals surface area contributed by atoms with E-state index in [1.165, 1.54) is 16.9 Å². The number of hydrogen-bond donors (Lipinski definition) is 1. The molecule has 0 unspecified atom stereocenters. The normalized spacial score (nSPS) is 11.3. The van der Waals surface area contributed by atoms with Gasteiger partial charge in [-0.05, 0) is 36.5 Å². The number of aromatic nitrogens is 1. The van der Waals surface area contributed by atoms with Crippen molar-refractivity contribution < 1.29 is 9.53 Å². The van der Waals surface area contributed by atoms with E-state index >= 15 is 0 Å². The number of nitrogens with one attached hydrogen (secondary N) is 1. The number of thiazole rings is 1. The monoisotopic (exact) mass is 332 g/mol. The van der Waals surface area contributed by atoms with Crippen molar-refractivity contribution in [3.8, 4) is 5.75 Å². The van der Waals surface area contributed by atoms with E-state index in [0.29, 0.717) is 24.6 Å². The Bertz CT molecular complexity index is 642. The summed E-state index contributed by atoms with van der Waals surface area (Å²) in [6, 6.07) is 8.15. The fourth-order valence-electron chi connectivity index (χ4n) is 2.07. The number of carbonyl (C=O) groups excluding carboxylic acids is 1. The number of benzene rings is 1. The quantitative estimate of drug-likeness (QED) is 0.790. The lowest BCUT2D eigenvalue weighted by atomic mass is 9.87. The minimum absolute atomic E-state index is 0.0222. The molecule has 0 radical (unpaired) electrons. The summed E-state index contributed by atoms with van der Waals surface area (Å²) in [6.45, 7) is 8.99. The minimum atomic E-state index is -0.0222. The molecule has 124 valence electrons. The molecular weight excluding hydrogens is 308 g/mol. The average Bonchev–Trinajstić information content (AvgIpc) is 2.88. The molecule has 0 fully saturated rings. The van der Waals surface area contributed by atoms with E-state index in [-0.39, 0.29) is 11.3 Å². The van der Waals surface area contributed by atoms with Crippen LogP contribution in [-0.4, -0.2) is 17.5 Å². The van der Waals surface area contributed by atoms with Crippen molar-refractivity contribution in [1.29, 1.82) is 0 Å². The summed E-state index contributed by atoms with van der Waals surface area (Å²) in [5.74, 6) is 0.819. The second-order valence-corrected chi connectivity index (χ2v) is 7.43. The first-order valence-electron chi connectivity index (χ1n) is 7.80. The summed E-state index contributed by atoms with van der Waals surface area (Å²) in [5, 5.41) is 5.37. The molecule has 23 heavy (non-hydrogen) atoms. The van der Waals surface area contributed by atoms with Crippen LogP contribution in [0.1, 0.15) is 44.9 Å². The van der Waals surface area contributed by atoms with Crippen molar-refractivity contribution in [3.63, 3.8) is 0 Å². The smallest absolute Gasteiger partial charge is 0.226 e. The standard InChI is InChI=1S/C18H24N2O2S/c1-13-12-23-17(19-13)20-16(21)6-5-11-22-15-9-7-14(8-10-15)18(2,3)4/h7-10,12H,5-6,11H2,1-4H3,(H,19,20,21). The van der Waals surface area contributed by atoms with Crippen LogP contribution in [-0.2, 0) is 10.2 Å². The minimum Gasteiger partial charge on any atom is -0.494 e. The van der Waals surface area contributed by atoms with Gasteiger partial charge in [0.2, 0.25) is 5.91 Å². The summed E-state index contributed by atoms with van der Waals surface area (Å²) in [7, 11) is 0. The summed E-state index contributed by atoms with van der Waals surface area (Å²) >= 11 is 1.44. The van der Waals surface area contributed by atoms with Crippen molar-refractivity contribution in [1.82, 2.24) is 4.98 Å². The lowest BCUT2D eigenvalue weighted by Crippen LogP contribution is -2.13. The highest BCUT2D eigenvalue weighted by molar-refractivity contribution is 7.13. The van der Waals surface area contributed by atoms with Gasteiger partial charge in [0.05, 0.1) is 12.3 Å². The van der Waals surface area contributed by atoms with Crippen molar-refractivity contribution in [2.45, 2.75) is 46.0 Å². The van der Waals surface area contributed by atoms with E-state index in [9.17, 15) is 4.79 Å². The maximum absolute atomic E-state index is 11.8. The number of anilines is 1. The third kappa shape index (κ3) is 5.67. The van der Waals surface area contributed by atoms with Crippen LogP contribution in [0.5, 0.6) is 5.75 Å². The number of carbonyl (C=O) groups is 1.